The SMILES string of the molecule is CSc1nc2c(F)c(Br)c(CCC#N)cc2c2c1cc(C1CCCN1)n2[C@H]1[C@@H]2C[C@H]1N(C(=O)O)C2. The van der Waals surface area contributed by atoms with Gasteiger partial charge in [0.05, 0.1) is 28.1 Å². The number of carboxylic acid groups (broad SMARTS) is 1. The standard InChI is InChI=1S/C25H25BrFN5O2S/c1-35-24-15-10-17(16-5-3-7-29-16)32(22-13-9-18(22)31(11-13)25(33)34)23(15)14-8-12(4-2-6-28)19(26)20(27)21(14)30-24/h8,10,13,16,18,22,29H,2-5,7,9,11H2,1H3,(H,33,34)/t13-,16?,18-,22+/m1/s1. The van der Waals surface area contributed by atoms with Crippen LogP contribution in [-0.4, -0.2) is 51.0 Å². The van der Waals surface area contributed by atoms with Crippen molar-refractivity contribution in [1.82, 2.24) is 19.8 Å². The van der Waals surface area contributed by atoms with E-state index in [1.54, 1.807) is 4.90 Å². The molecule has 35 heavy (non-hydrogen) atoms. The third-order valence-electron chi connectivity index (χ3n) is 7.94. The lowest BCUT2D eigenvalue weighted by atomic mass is 9.79. The number of nitrogens with one attached hydrogen (secondary N) is 1. The van der Waals surface area contributed by atoms with Gasteiger partial charge < -0.3 is 19.9 Å². The van der Waals surface area contributed by atoms with Crippen molar-refractivity contribution in [2.24, 2.45) is 5.92 Å². The lowest BCUT2D eigenvalue weighted by Crippen LogP contribution is -2.43. The molecular formula is C25H25BrFN5O2S. The van der Waals surface area contributed by atoms with Gasteiger partial charge in [-0.2, -0.15) is 5.26 Å². The normalized spacial score (nSPS) is 25.4. The number of hydrogen-bond donors (Lipinski definition) is 2. The molecule has 0 radical (unpaired) electrons. The van der Waals surface area contributed by atoms with E-state index in [1.165, 1.54) is 11.8 Å². The van der Waals surface area contributed by atoms with E-state index in [4.69, 9.17) is 10.2 Å². The van der Waals surface area contributed by atoms with E-state index in [1.807, 2.05) is 12.3 Å². The lowest BCUT2D eigenvalue weighted by Gasteiger charge is -2.39. The van der Waals surface area contributed by atoms with E-state index in [9.17, 15) is 9.90 Å². The number of thioether (sulfide) groups is 1. The summed E-state index contributed by atoms with van der Waals surface area (Å²) in [4.78, 5) is 18.2. The van der Waals surface area contributed by atoms with Crippen LogP contribution in [0.2, 0.25) is 0 Å². The molecule has 4 fully saturated rings. The third kappa shape index (κ3) is 3.39. The van der Waals surface area contributed by atoms with Crippen LogP contribution in [0.25, 0.3) is 21.8 Å². The molecule has 1 saturated carbocycles. The Kier molecular flexibility index (Phi) is 5.70. The summed E-state index contributed by atoms with van der Waals surface area (Å²) in [6, 6.07) is 6.43. The number of fused-ring (bicyclic) bond motifs is 4. The molecule has 7 nitrogen and oxygen atoms in total. The molecule has 182 valence electrons. The van der Waals surface area contributed by atoms with Crippen LogP contribution in [-0.2, 0) is 6.42 Å². The van der Waals surface area contributed by atoms with Crippen molar-refractivity contribution in [2.75, 3.05) is 19.3 Å². The summed E-state index contributed by atoms with van der Waals surface area (Å²) in [6.45, 7) is 1.48. The fourth-order valence-corrected chi connectivity index (χ4v) is 7.41. The van der Waals surface area contributed by atoms with Gasteiger partial charge in [-0.15, -0.1) is 11.8 Å². The molecule has 3 aliphatic heterocycles. The average Bonchev–Trinajstić information content (AvgIpc) is 3.62. The maximum absolute atomic E-state index is 15.7. The fraction of sp³-hybridized carbons (Fsp3) is 0.480. The number of benzene rings is 1. The average molecular weight is 558 g/mol. The molecule has 10 heteroatoms. The summed E-state index contributed by atoms with van der Waals surface area (Å²) in [5, 5.41) is 25.0. The monoisotopic (exact) mass is 557 g/mol. The predicted octanol–water partition coefficient (Wildman–Crippen LogP) is 5.62. The highest BCUT2D eigenvalue weighted by atomic mass is 79.9. The highest BCUT2D eigenvalue weighted by molar-refractivity contribution is 9.10. The van der Waals surface area contributed by atoms with E-state index in [0.717, 1.165) is 58.4 Å². The van der Waals surface area contributed by atoms with Gasteiger partial charge in [-0.25, -0.2) is 14.2 Å². The summed E-state index contributed by atoms with van der Waals surface area (Å²) in [7, 11) is 0. The van der Waals surface area contributed by atoms with Gasteiger partial charge in [-0.1, -0.05) is 0 Å². The van der Waals surface area contributed by atoms with E-state index in [2.05, 4.69) is 37.9 Å². The van der Waals surface area contributed by atoms with Gasteiger partial charge >= 0.3 is 6.09 Å². The number of hydrogen-bond acceptors (Lipinski definition) is 5. The number of rotatable bonds is 5. The molecule has 1 aliphatic carbocycles. The van der Waals surface area contributed by atoms with Gasteiger partial charge in [0, 0.05) is 41.4 Å². The minimum Gasteiger partial charge on any atom is -0.465 e. The largest absolute Gasteiger partial charge is 0.465 e. The molecule has 3 aromatic rings. The Morgan fingerprint density at radius 1 is 1.43 bits per heavy atom. The predicted molar refractivity (Wildman–Crippen MR) is 136 cm³/mol. The lowest BCUT2D eigenvalue weighted by molar-refractivity contribution is 0.123. The Morgan fingerprint density at radius 2 is 2.26 bits per heavy atom. The summed E-state index contributed by atoms with van der Waals surface area (Å²) in [5.74, 6) is -0.171. The first-order valence-electron chi connectivity index (χ1n) is 11.9. The topological polar surface area (TPSA) is 94.2 Å². The van der Waals surface area contributed by atoms with Crippen LogP contribution >= 0.6 is 27.7 Å². The number of pyridine rings is 1. The van der Waals surface area contributed by atoms with Crippen molar-refractivity contribution in [3.63, 3.8) is 0 Å². The van der Waals surface area contributed by atoms with E-state index in [-0.39, 0.29) is 24.0 Å². The Hall–Kier alpha value is -2.35. The van der Waals surface area contributed by atoms with E-state index >= 15 is 4.39 Å². The summed E-state index contributed by atoms with van der Waals surface area (Å²) in [6.07, 6.45) is 4.76. The van der Waals surface area contributed by atoms with Gasteiger partial charge in [-0.05, 0) is 72.1 Å². The Labute approximate surface area is 214 Å². The molecule has 2 aromatic heterocycles. The molecule has 4 aliphatic rings. The van der Waals surface area contributed by atoms with E-state index < -0.39 is 11.9 Å². The van der Waals surface area contributed by atoms with Crippen LogP contribution in [0.5, 0.6) is 0 Å². The van der Waals surface area contributed by atoms with Gasteiger partial charge in [-0.3, -0.25) is 0 Å². The van der Waals surface area contributed by atoms with Crippen LogP contribution in [0.1, 0.15) is 49.0 Å². The minimum atomic E-state index is -0.873. The smallest absolute Gasteiger partial charge is 0.407 e. The number of nitrogens with zero attached hydrogens (tertiary/aromatic N) is 4. The van der Waals surface area contributed by atoms with Crippen molar-refractivity contribution in [2.45, 2.75) is 55.3 Å². The zero-order valence-electron chi connectivity index (χ0n) is 19.2. The third-order valence-corrected chi connectivity index (χ3v) is 9.49. The van der Waals surface area contributed by atoms with E-state index in [0.29, 0.717) is 29.4 Å². The second-order valence-electron chi connectivity index (χ2n) is 9.68. The van der Waals surface area contributed by atoms with Gasteiger partial charge in [0.1, 0.15) is 10.5 Å². The minimum absolute atomic E-state index is 0.0237. The second-order valence-corrected chi connectivity index (χ2v) is 11.3. The Bertz CT molecular complexity index is 1410. The van der Waals surface area contributed by atoms with Crippen LogP contribution in [0.3, 0.4) is 0 Å². The summed E-state index contributed by atoms with van der Waals surface area (Å²) >= 11 is 4.90. The van der Waals surface area contributed by atoms with Crippen molar-refractivity contribution in [3.05, 3.63) is 33.7 Å². The van der Waals surface area contributed by atoms with Gasteiger partial charge in [0.2, 0.25) is 0 Å². The molecule has 2 bridgehead atoms. The number of aromatic nitrogens is 2. The summed E-state index contributed by atoms with van der Waals surface area (Å²) < 4.78 is 18.4. The molecule has 1 unspecified atom stereocenters. The van der Waals surface area contributed by atoms with Crippen molar-refractivity contribution < 1.29 is 14.3 Å². The maximum Gasteiger partial charge on any atom is 0.407 e. The number of nitriles is 1. The van der Waals surface area contributed by atoms with Crippen LogP contribution in [0.4, 0.5) is 9.18 Å². The first-order chi connectivity index (χ1) is 16.9. The highest BCUT2D eigenvalue weighted by Crippen LogP contribution is 2.53. The molecule has 1 amide bonds. The van der Waals surface area contributed by atoms with Gasteiger partial charge in [0.15, 0.2) is 5.82 Å². The molecule has 3 saturated heterocycles. The molecule has 1 aromatic carbocycles. The zero-order chi connectivity index (χ0) is 24.4. The van der Waals surface area contributed by atoms with Crippen molar-refractivity contribution in [3.8, 4) is 6.07 Å². The zero-order valence-corrected chi connectivity index (χ0v) is 21.6. The van der Waals surface area contributed by atoms with Crippen LogP contribution < -0.4 is 5.32 Å². The number of carbonyl (C=O) groups is 1. The molecular weight excluding hydrogens is 533 g/mol. The Morgan fingerprint density at radius 3 is 2.91 bits per heavy atom. The van der Waals surface area contributed by atoms with Crippen LogP contribution in [0, 0.1) is 23.1 Å². The number of amides is 1. The molecule has 5 heterocycles. The summed E-state index contributed by atoms with van der Waals surface area (Å²) in [5.41, 5.74) is 3.12. The highest BCUT2D eigenvalue weighted by Gasteiger charge is 2.56. The quantitative estimate of drug-likeness (QED) is 0.395. The van der Waals surface area contributed by atoms with Crippen molar-refractivity contribution >= 4 is 55.6 Å². The maximum atomic E-state index is 15.7. The second kappa shape index (κ2) is 8.64. The fourth-order valence-electron chi connectivity index (χ4n) is 6.35. The van der Waals surface area contributed by atoms with Crippen molar-refractivity contribution in [1.29, 1.82) is 5.26 Å². The van der Waals surface area contributed by atoms with Crippen LogP contribution in [0.15, 0.2) is 21.6 Å². The molecule has 4 atom stereocenters. The Balaban J connectivity index is 1.67. The molecule has 2 N–H and O–H groups in total. The molecule has 0 spiro atoms. The molecule has 7 rings (SSSR count). The number of halogens is 2. The van der Waals surface area contributed by atoms with Gasteiger partial charge in [0.25, 0.3) is 0 Å². The first kappa shape index (κ1) is 23.1. The first-order valence-corrected chi connectivity index (χ1v) is 14.0. The number of aryl methyl sites for hydroxylation is 1.